The molecule has 1 N–H and O–H groups in total. The Kier molecular flexibility index (Phi) is 4.86. The van der Waals surface area contributed by atoms with Crippen molar-refractivity contribution in [1.82, 2.24) is 14.5 Å². The topological polar surface area (TPSA) is 58.4 Å². The number of nitrogens with zero attached hydrogens (tertiary/aromatic N) is 3. The molecule has 1 aromatic heterocycles. The van der Waals surface area contributed by atoms with E-state index < -0.39 is 0 Å². The number of aliphatic hydroxyl groups is 1. The molecular weight excluding hydrogens is 314 g/mol. The Labute approximate surface area is 147 Å². The van der Waals surface area contributed by atoms with E-state index in [-0.39, 0.29) is 19.1 Å². The Morgan fingerprint density at radius 3 is 2.68 bits per heavy atom. The van der Waals surface area contributed by atoms with Crippen LogP contribution in [0.5, 0.6) is 0 Å². The smallest absolute Gasteiger partial charge is 0.242 e. The number of aryl methyl sites for hydroxylation is 2. The molecule has 0 radical (unpaired) electrons. The minimum absolute atomic E-state index is 0.0159. The summed E-state index contributed by atoms with van der Waals surface area (Å²) in [6, 6.07) is 13.9. The van der Waals surface area contributed by atoms with Crippen LogP contribution in [0.15, 0.2) is 42.5 Å². The predicted octanol–water partition coefficient (Wildman–Crippen LogP) is 2.80. The van der Waals surface area contributed by atoms with Gasteiger partial charge in [-0.25, -0.2) is 4.98 Å². The Hall–Kier alpha value is -2.66. The molecule has 2 aromatic carbocycles. The molecule has 1 heterocycles. The number of likely N-dealkylation sites (N-methyl/N-ethyl adjacent to an activating group) is 1. The van der Waals surface area contributed by atoms with E-state index in [1.807, 2.05) is 24.3 Å². The molecule has 0 spiro atoms. The van der Waals surface area contributed by atoms with E-state index in [4.69, 9.17) is 0 Å². The van der Waals surface area contributed by atoms with Crippen LogP contribution in [-0.4, -0.2) is 32.5 Å². The molecule has 0 unspecified atom stereocenters. The zero-order valence-electron chi connectivity index (χ0n) is 14.9. The molecule has 3 rings (SSSR count). The molecule has 5 nitrogen and oxygen atoms in total. The molecule has 0 aliphatic heterocycles. The SMILES string of the molecule is Cc1ccc(CN(C)C(=O)Cn2c(CO)nc3ccccc32)c(C)c1. The highest BCUT2D eigenvalue weighted by atomic mass is 16.3. The second-order valence-electron chi connectivity index (χ2n) is 6.44. The summed E-state index contributed by atoms with van der Waals surface area (Å²) in [6.07, 6.45) is 0. The normalized spacial score (nSPS) is 11.0. The highest BCUT2D eigenvalue weighted by molar-refractivity contribution is 5.81. The third-order valence-corrected chi connectivity index (χ3v) is 4.50. The van der Waals surface area contributed by atoms with E-state index in [1.165, 1.54) is 11.1 Å². The fourth-order valence-corrected chi connectivity index (χ4v) is 3.05. The van der Waals surface area contributed by atoms with Crippen molar-refractivity contribution in [2.75, 3.05) is 7.05 Å². The zero-order valence-corrected chi connectivity index (χ0v) is 14.9. The van der Waals surface area contributed by atoms with Crippen molar-refractivity contribution in [3.63, 3.8) is 0 Å². The van der Waals surface area contributed by atoms with Crippen molar-refractivity contribution in [3.05, 3.63) is 65.0 Å². The van der Waals surface area contributed by atoms with Gasteiger partial charge in [0.25, 0.3) is 0 Å². The second-order valence-corrected chi connectivity index (χ2v) is 6.44. The summed E-state index contributed by atoms with van der Waals surface area (Å²) in [4.78, 5) is 18.8. The van der Waals surface area contributed by atoms with Crippen molar-refractivity contribution >= 4 is 16.9 Å². The van der Waals surface area contributed by atoms with Gasteiger partial charge in [0.2, 0.25) is 5.91 Å². The Balaban J connectivity index is 1.80. The van der Waals surface area contributed by atoms with Crippen LogP contribution in [0.4, 0.5) is 0 Å². The van der Waals surface area contributed by atoms with Gasteiger partial charge in [-0.1, -0.05) is 35.9 Å². The number of aromatic nitrogens is 2. The summed E-state index contributed by atoms with van der Waals surface area (Å²) in [5, 5.41) is 9.56. The van der Waals surface area contributed by atoms with Gasteiger partial charge < -0.3 is 14.6 Å². The molecule has 0 saturated carbocycles. The molecule has 0 bridgehead atoms. The maximum absolute atomic E-state index is 12.7. The van der Waals surface area contributed by atoms with Crippen molar-refractivity contribution in [2.24, 2.45) is 0 Å². The molecule has 130 valence electrons. The Morgan fingerprint density at radius 2 is 1.96 bits per heavy atom. The lowest BCUT2D eigenvalue weighted by molar-refractivity contribution is -0.131. The maximum atomic E-state index is 12.7. The summed E-state index contributed by atoms with van der Waals surface area (Å²) in [7, 11) is 1.80. The number of aliphatic hydroxyl groups excluding tert-OH is 1. The first-order chi connectivity index (χ1) is 12.0. The van der Waals surface area contributed by atoms with E-state index in [1.54, 1.807) is 16.5 Å². The number of imidazole rings is 1. The van der Waals surface area contributed by atoms with Crippen molar-refractivity contribution in [1.29, 1.82) is 0 Å². The van der Waals surface area contributed by atoms with Crippen LogP contribution >= 0.6 is 0 Å². The van der Waals surface area contributed by atoms with Crippen LogP contribution in [-0.2, 0) is 24.5 Å². The molecule has 0 fully saturated rings. The third kappa shape index (κ3) is 3.56. The molecule has 0 aliphatic rings. The van der Waals surface area contributed by atoms with Gasteiger partial charge in [-0.2, -0.15) is 0 Å². The van der Waals surface area contributed by atoms with Crippen LogP contribution < -0.4 is 0 Å². The maximum Gasteiger partial charge on any atom is 0.242 e. The van der Waals surface area contributed by atoms with Crippen LogP contribution in [0.3, 0.4) is 0 Å². The van der Waals surface area contributed by atoms with E-state index >= 15 is 0 Å². The molecule has 1 amide bonds. The zero-order chi connectivity index (χ0) is 18.0. The Morgan fingerprint density at radius 1 is 1.20 bits per heavy atom. The fraction of sp³-hybridized carbons (Fsp3) is 0.300. The summed E-state index contributed by atoms with van der Waals surface area (Å²) in [6.45, 7) is 4.66. The monoisotopic (exact) mass is 337 g/mol. The average molecular weight is 337 g/mol. The highest BCUT2D eigenvalue weighted by Crippen LogP contribution is 2.17. The largest absolute Gasteiger partial charge is 0.388 e. The van der Waals surface area contributed by atoms with Gasteiger partial charge in [-0.3, -0.25) is 4.79 Å². The minimum Gasteiger partial charge on any atom is -0.388 e. The minimum atomic E-state index is -0.192. The first kappa shape index (κ1) is 17.2. The van der Waals surface area contributed by atoms with Crippen molar-refractivity contribution in [2.45, 2.75) is 33.5 Å². The van der Waals surface area contributed by atoms with E-state index in [0.29, 0.717) is 12.4 Å². The standard InChI is InChI=1S/C20H23N3O2/c1-14-8-9-16(15(2)10-14)11-22(3)20(25)12-23-18-7-5-4-6-17(18)21-19(23)13-24/h4-10,24H,11-13H2,1-3H3. The lowest BCUT2D eigenvalue weighted by Crippen LogP contribution is -2.30. The number of amides is 1. The van der Waals surface area contributed by atoms with Gasteiger partial charge in [0.15, 0.2) is 0 Å². The van der Waals surface area contributed by atoms with Gasteiger partial charge in [0.05, 0.1) is 11.0 Å². The molecular formula is C20H23N3O2. The van der Waals surface area contributed by atoms with Crippen LogP contribution in [0.25, 0.3) is 11.0 Å². The van der Waals surface area contributed by atoms with Gasteiger partial charge in [-0.15, -0.1) is 0 Å². The van der Waals surface area contributed by atoms with E-state index in [0.717, 1.165) is 16.6 Å². The van der Waals surface area contributed by atoms with E-state index in [9.17, 15) is 9.90 Å². The number of hydrogen-bond acceptors (Lipinski definition) is 3. The molecule has 0 saturated heterocycles. The van der Waals surface area contributed by atoms with Crippen LogP contribution in [0, 0.1) is 13.8 Å². The van der Waals surface area contributed by atoms with Crippen molar-refractivity contribution in [3.8, 4) is 0 Å². The van der Waals surface area contributed by atoms with Crippen molar-refractivity contribution < 1.29 is 9.90 Å². The van der Waals surface area contributed by atoms with Crippen LogP contribution in [0.1, 0.15) is 22.5 Å². The predicted molar refractivity (Wildman–Crippen MR) is 98.0 cm³/mol. The lowest BCUT2D eigenvalue weighted by Gasteiger charge is -2.20. The highest BCUT2D eigenvalue weighted by Gasteiger charge is 2.16. The third-order valence-electron chi connectivity index (χ3n) is 4.50. The number of rotatable bonds is 5. The number of benzene rings is 2. The lowest BCUT2D eigenvalue weighted by atomic mass is 10.1. The fourth-order valence-electron chi connectivity index (χ4n) is 3.05. The summed E-state index contributed by atoms with van der Waals surface area (Å²) >= 11 is 0. The van der Waals surface area contributed by atoms with Gasteiger partial charge in [0.1, 0.15) is 19.0 Å². The summed E-state index contributed by atoms with van der Waals surface area (Å²) in [5.74, 6) is 0.493. The number of para-hydroxylation sites is 2. The molecule has 3 aromatic rings. The first-order valence-electron chi connectivity index (χ1n) is 8.34. The summed E-state index contributed by atoms with van der Waals surface area (Å²) in [5.41, 5.74) is 5.19. The quantitative estimate of drug-likeness (QED) is 0.779. The summed E-state index contributed by atoms with van der Waals surface area (Å²) < 4.78 is 1.79. The second kappa shape index (κ2) is 7.07. The van der Waals surface area contributed by atoms with Crippen LogP contribution in [0.2, 0.25) is 0 Å². The number of fused-ring (bicyclic) bond motifs is 1. The number of carbonyl (C=O) groups excluding carboxylic acids is 1. The molecule has 25 heavy (non-hydrogen) atoms. The average Bonchev–Trinajstić information content (AvgIpc) is 2.95. The number of carbonyl (C=O) groups is 1. The molecule has 0 aliphatic carbocycles. The van der Waals surface area contributed by atoms with Gasteiger partial charge in [0, 0.05) is 13.6 Å². The Bertz CT molecular complexity index is 914. The molecule has 0 atom stereocenters. The van der Waals surface area contributed by atoms with Gasteiger partial charge >= 0.3 is 0 Å². The number of hydrogen-bond donors (Lipinski definition) is 1. The van der Waals surface area contributed by atoms with E-state index in [2.05, 4.69) is 37.0 Å². The van der Waals surface area contributed by atoms with Gasteiger partial charge in [-0.05, 0) is 37.1 Å². The molecule has 5 heteroatoms. The first-order valence-corrected chi connectivity index (χ1v) is 8.34.